The quantitative estimate of drug-likeness (QED) is 0.595. The highest BCUT2D eigenvalue weighted by atomic mass is 32.2. The van der Waals surface area contributed by atoms with Crippen LogP contribution in [0.25, 0.3) is 11.1 Å². The van der Waals surface area contributed by atoms with Crippen molar-refractivity contribution in [2.45, 2.75) is 17.9 Å². The molecule has 0 heterocycles. The van der Waals surface area contributed by atoms with E-state index in [0.717, 1.165) is 11.1 Å². The Labute approximate surface area is 164 Å². The van der Waals surface area contributed by atoms with Gasteiger partial charge in [0.15, 0.2) is 0 Å². The van der Waals surface area contributed by atoms with Crippen LogP contribution in [0.15, 0.2) is 83.8 Å². The number of nitrogens with one attached hydrogen (secondary N) is 2. The molecule has 3 rings (SSSR count). The zero-order valence-corrected chi connectivity index (χ0v) is 16.1. The molecular weight excluding hydrogens is 374 g/mol. The molecule has 1 amide bonds. The number of benzene rings is 3. The van der Waals surface area contributed by atoms with E-state index in [0.29, 0.717) is 11.4 Å². The Balaban J connectivity index is 1.76. The van der Waals surface area contributed by atoms with Crippen LogP contribution in [0.1, 0.15) is 6.92 Å². The summed E-state index contributed by atoms with van der Waals surface area (Å²) in [6, 6.07) is 22.8. The fourth-order valence-corrected chi connectivity index (χ4v) is 3.34. The number of para-hydroxylation sites is 1. The van der Waals surface area contributed by atoms with Crippen LogP contribution in [0.3, 0.4) is 0 Å². The third kappa shape index (κ3) is 4.76. The maximum absolute atomic E-state index is 12.7. The molecule has 0 saturated heterocycles. The first-order valence-corrected chi connectivity index (χ1v) is 10.2. The monoisotopic (exact) mass is 395 g/mol. The number of amides is 1. The summed E-state index contributed by atoms with van der Waals surface area (Å²) in [5.41, 5.74) is 3.11. The lowest BCUT2D eigenvalue weighted by atomic mass is 10.0. The molecule has 0 aliphatic heterocycles. The van der Waals surface area contributed by atoms with Crippen LogP contribution >= 0.6 is 0 Å². The lowest BCUT2D eigenvalue weighted by Crippen LogP contribution is -2.32. The van der Waals surface area contributed by atoms with E-state index in [2.05, 4.69) is 10.6 Å². The summed E-state index contributed by atoms with van der Waals surface area (Å²) in [7, 11) is -3.81. The van der Waals surface area contributed by atoms with E-state index in [1.54, 1.807) is 19.1 Å². The molecule has 0 spiro atoms. The molecule has 4 N–H and O–H groups in total. The minimum Gasteiger partial charge on any atom is -0.374 e. The van der Waals surface area contributed by atoms with Crippen molar-refractivity contribution in [3.63, 3.8) is 0 Å². The molecule has 144 valence electrons. The van der Waals surface area contributed by atoms with Gasteiger partial charge < -0.3 is 10.6 Å². The summed E-state index contributed by atoms with van der Waals surface area (Å²) in [5, 5.41) is 11.1. The first-order chi connectivity index (χ1) is 13.3. The number of carbonyl (C=O) groups is 1. The number of nitrogens with two attached hydrogens (primary N) is 1. The zero-order valence-electron chi connectivity index (χ0n) is 15.3. The van der Waals surface area contributed by atoms with Crippen LogP contribution in [0.5, 0.6) is 0 Å². The standard InChI is InChI=1S/C21H21N3O3S/c1-15(23-17-10-7-11-18(14-17)28(22,26)27)21(25)24-20-13-6-5-12-19(20)16-8-3-2-4-9-16/h2-15,23H,1H3,(H,24,25)(H2,22,26,27). The molecule has 1 unspecified atom stereocenters. The molecule has 0 radical (unpaired) electrons. The Bertz CT molecular complexity index is 1080. The van der Waals surface area contributed by atoms with Crippen molar-refractivity contribution in [3.05, 3.63) is 78.9 Å². The van der Waals surface area contributed by atoms with Gasteiger partial charge in [0, 0.05) is 16.9 Å². The number of carbonyl (C=O) groups excluding carboxylic acids is 1. The maximum atomic E-state index is 12.7. The van der Waals surface area contributed by atoms with Crippen LogP contribution in [0, 0.1) is 0 Å². The highest BCUT2D eigenvalue weighted by molar-refractivity contribution is 7.89. The Hall–Kier alpha value is -3.16. The van der Waals surface area contributed by atoms with Crippen molar-refractivity contribution in [1.82, 2.24) is 0 Å². The fourth-order valence-electron chi connectivity index (χ4n) is 2.78. The second kappa shape index (κ2) is 8.24. The third-order valence-corrected chi connectivity index (χ3v) is 5.12. The van der Waals surface area contributed by atoms with Crippen molar-refractivity contribution in [2.75, 3.05) is 10.6 Å². The van der Waals surface area contributed by atoms with E-state index in [-0.39, 0.29) is 10.8 Å². The van der Waals surface area contributed by atoms with Crippen molar-refractivity contribution in [3.8, 4) is 11.1 Å². The lowest BCUT2D eigenvalue weighted by Gasteiger charge is -2.17. The molecule has 7 heteroatoms. The van der Waals surface area contributed by atoms with E-state index in [1.165, 1.54) is 12.1 Å². The molecule has 0 saturated carbocycles. The minimum atomic E-state index is -3.81. The molecule has 3 aromatic rings. The number of sulfonamides is 1. The van der Waals surface area contributed by atoms with Crippen molar-refractivity contribution >= 4 is 27.3 Å². The van der Waals surface area contributed by atoms with Crippen molar-refractivity contribution < 1.29 is 13.2 Å². The van der Waals surface area contributed by atoms with Gasteiger partial charge in [0.25, 0.3) is 0 Å². The van der Waals surface area contributed by atoms with E-state index in [4.69, 9.17) is 5.14 Å². The Morgan fingerprint density at radius 3 is 2.32 bits per heavy atom. The summed E-state index contributed by atoms with van der Waals surface area (Å²) in [4.78, 5) is 12.7. The van der Waals surface area contributed by atoms with Gasteiger partial charge in [-0.15, -0.1) is 0 Å². The van der Waals surface area contributed by atoms with Crippen LogP contribution in [0.4, 0.5) is 11.4 Å². The van der Waals surface area contributed by atoms with Gasteiger partial charge in [-0.25, -0.2) is 13.6 Å². The van der Waals surface area contributed by atoms with Crippen LogP contribution in [-0.4, -0.2) is 20.4 Å². The van der Waals surface area contributed by atoms with Gasteiger partial charge in [0.05, 0.1) is 4.90 Å². The van der Waals surface area contributed by atoms with E-state index in [1.807, 2.05) is 54.6 Å². The molecular formula is C21H21N3O3S. The summed E-state index contributed by atoms with van der Waals surface area (Å²) >= 11 is 0. The predicted octanol–water partition coefficient (Wildman–Crippen LogP) is 3.44. The van der Waals surface area contributed by atoms with Crippen molar-refractivity contribution in [2.24, 2.45) is 5.14 Å². The van der Waals surface area contributed by atoms with E-state index in [9.17, 15) is 13.2 Å². The molecule has 28 heavy (non-hydrogen) atoms. The summed E-state index contributed by atoms with van der Waals surface area (Å²) < 4.78 is 23.0. The van der Waals surface area contributed by atoms with Gasteiger partial charge in [-0.3, -0.25) is 4.79 Å². The third-order valence-electron chi connectivity index (χ3n) is 4.21. The van der Waals surface area contributed by atoms with E-state index < -0.39 is 16.1 Å². The maximum Gasteiger partial charge on any atom is 0.246 e. The number of hydrogen-bond acceptors (Lipinski definition) is 4. The molecule has 0 aromatic heterocycles. The molecule has 3 aromatic carbocycles. The van der Waals surface area contributed by atoms with Gasteiger partial charge in [0.2, 0.25) is 15.9 Å². The van der Waals surface area contributed by atoms with Crippen LogP contribution < -0.4 is 15.8 Å². The van der Waals surface area contributed by atoms with Crippen LogP contribution in [0.2, 0.25) is 0 Å². The second-order valence-electron chi connectivity index (χ2n) is 6.34. The number of primary sulfonamides is 1. The highest BCUT2D eigenvalue weighted by Crippen LogP contribution is 2.27. The van der Waals surface area contributed by atoms with E-state index >= 15 is 0 Å². The first kappa shape index (κ1) is 19.6. The Morgan fingerprint density at radius 1 is 0.929 bits per heavy atom. The second-order valence-corrected chi connectivity index (χ2v) is 7.90. The van der Waals surface area contributed by atoms with Gasteiger partial charge in [-0.1, -0.05) is 54.6 Å². The highest BCUT2D eigenvalue weighted by Gasteiger charge is 2.16. The smallest absolute Gasteiger partial charge is 0.246 e. The van der Waals surface area contributed by atoms with Gasteiger partial charge >= 0.3 is 0 Å². The largest absolute Gasteiger partial charge is 0.374 e. The molecule has 0 aliphatic carbocycles. The predicted molar refractivity (Wildman–Crippen MR) is 111 cm³/mol. The Kier molecular flexibility index (Phi) is 5.77. The minimum absolute atomic E-state index is 0.0143. The van der Waals surface area contributed by atoms with Gasteiger partial charge in [-0.05, 0) is 36.8 Å². The average Bonchev–Trinajstić information content (AvgIpc) is 2.68. The average molecular weight is 395 g/mol. The molecule has 0 aliphatic rings. The van der Waals surface area contributed by atoms with Crippen molar-refractivity contribution in [1.29, 1.82) is 0 Å². The molecule has 6 nitrogen and oxygen atoms in total. The summed E-state index contributed by atoms with van der Waals surface area (Å²) in [5.74, 6) is -0.246. The lowest BCUT2D eigenvalue weighted by molar-refractivity contribution is -0.116. The van der Waals surface area contributed by atoms with Gasteiger partial charge in [-0.2, -0.15) is 0 Å². The number of hydrogen-bond donors (Lipinski definition) is 3. The SMILES string of the molecule is CC(Nc1cccc(S(N)(=O)=O)c1)C(=O)Nc1ccccc1-c1ccccc1. The normalized spacial score (nSPS) is 12.2. The topological polar surface area (TPSA) is 101 Å². The fraction of sp³-hybridized carbons (Fsp3) is 0.0952. The summed E-state index contributed by atoms with van der Waals surface area (Å²) in [6.07, 6.45) is 0. The first-order valence-electron chi connectivity index (χ1n) is 8.69. The summed E-state index contributed by atoms with van der Waals surface area (Å²) in [6.45, 7) is 1.70. The zero-order chi connectivity index (χ0) is 20.1. The Morgan fingerprint density at radius 2 is 1.61 bits per heavy atom. The van der Waals surface area contributed by atoms with Crippen LogP contribution in [-0.2, 0) is 14.8 Å². The molecule has 0 fully saturated rings. The molecule has 0 bridgehead atoms. The van der Waals surface area contributed by atoms with Gasteiger partial charge in [0.1, 0.15) is 6.04 Å². The number of rotatable bonds is 6. The number of anilines is 2. The molecule has 1 atom stereocenters.